The van der Waals surface area contributed by atoms with Gasteiger partial charge >= 0.3 is 25.7 Å². The molecule has 1 heterocycles. The number of carbonyl (C=O) groups excluding carboxylic acids is 1. The first-order valence-corrected chi connectivity index (χ1v) is 16.2. The molecule has 2 rings (SSSR count). The van der Waals surface area contributed by atoms with Crippen LogP contribution < -0.4 is 9.61 Å². The SMILES string of the molecule is COC(C)COC(=O)[C@H](C)NP(=O)(OCC1OC(C#N)C(C(C)(C)C(=O)O)C1C(C)(C)C(=O)O)Oc1ccc(C(C)(C)C)cc1. The first kappa shape index (κ1) is 38.2. The van der Waals surface area contributed by atoms with Crippen LogP contribution in [0.5, 0.6) is 5.75 Å². The number of methoxy groups -OCH3 is 1. The van der Waals surface area contributed by atoms with Crippen molar-refractivity contribution in [3.63, 3.8) is 0 Å². The van der Waals surface area contributed by atoms with Gasteiger partial charge in [-0.1, -0.05) is 32.9 Å². The number of aliphatic carboxylic acids is 2. The third kappa shape index (κ3) is 9.27. The van der Waals surface area contributed by atoms with E-state index in [1.54, 1.807) is 31.2 Å². The van der Waals surface area contributed by atoms with E-state index in [1.807, 2.05) is 26.8 Å². The molecule has 0 amide bonds. The Balaban J connectivity index is 2.47. The fraction of sp³-hybridized carbons (Fsp3) is 0.677. The number of nitrogens with one attached hydrogen (secondary N) is 1. The number of nitrogens with zero attached hydrogens (tertiary/aromatic N) is 1. The number of carboxylic acid groups (broad SMARTS) is 2. The molecule has 0 radical (unpaired) electrons. The molecule has 14 heteroatoms. The van der Waals surface area contributed by atoms with Crippen molar-refractivity contribution in [1.82, 2.24) is 5.09 Å². The number of carbonyl (C=O) groups is 3. The summed E-state index contributed by atoms with van der Waals surface area (Å²) in [5.41, 5.74) is -2.35. The van der Waals surface area contributed by atoms with Crippen molar-refractivity contribution in [1.29, 1.82) is 5.26 Å². The number of carboxylic acids is 2. The maximum Gasteiger partial charge on any atom is 0.459 e. The van der Waals surface area contributed by atoms with Crippen molar-refractivity contribution >= 4 is 25.7 Å². The van der Waals surface area contributed by atoms with Gasteiger partial charge in [-0.3, -0.25) is 18.9 Å². The number of hydrogen-bond acceptors (Lipinski definition) is 10. The Kier molecular flexibility index (Phi) is 12.4. The van der Waals surface area contributed by atoms with Crippen molar-refractivity contribution in [2.45, 2.75) is 92.1 Å². The van der Waals surface area contributed by atoms with E-state index in [0.29, 0.717) is 0 Å². The second kappa shape index (κ2) is 14.6. The van der Waals surface area contributed by atoms with Crippen LogP contribution in [0.3, 0.4) is 0 Å². The lowest BCUT2D eigenvalue weighted by molar-refractivity contribution is -0.159. The molecule has 13 nitrogen and oxygen atoms in total. The predicted molar refractivity (Wildman–Crippen MR) is 163 cm³/mol. The summed E-state index contributed by atoms with van der Waals surface area (Å²) in [6, 6.07) is 7.56. The molecule has 0 spiro atoms. The zero-order valence-electron chi connectivity index (χ0n) is 27.7. The average Bonchev–Trinajstić information content (AvgIpc) is 3.34. The summed E-state index contributed by atoms with van der Waals surface area (Å²) in [6.07, 6.45) is -2.87. The predicted octanol–water partition coefficient (Wildman–Crippen LogP) is 4.79. The summed E-state index contributed by atoms with van der Waals surface area (Å²) in [5.74, 6) is -5.23. The number of benzene rings is 1. The molecule has 0 bridgehead atoms. The van der Waals surface area contributed by atoms with Crippen LogP contribution in [0.4, 0.5) is 0 Å². The third-order valence-electron chi connectivity index (χ3n) is 8.25. The van der Waals surface area contributed by atoms with E-state index in [4.69, 9.17) is 23.3 Å². The minimum Gasteiger partial charge on any atom is -0.481 e. The van der Waals surface area contributed by atoms with Crippen LogP contribution in [0.1, 0.15) is 67.9 Å². The van der Waals surface area contributed by atoms with Crippen molar-refractivity contribution in [2.75, 3.05) is 20.3 Å². The molecule has 1 aromatic carbocycles. The Bertz CT molecular complexity index is 1300. The molecule has 1 aliphatic rings. The average molecular weight is 655 g/mol. The van der Waals surface area contributed by atoms with Gasteiger partial charge in [0.2, 0.25) is 0 Å². The first-order valence-electron chi connectivity index (χ1n) is 14.6. The van der Waals surface area contributed by atoms with Gasteiger partial charge in [-0.05, 0) is 64.7 Å². The lowest BCUT2D eigenvalue weighted by atomic mass is 9.61. The van der Waals surface area contributed by atoms with Crippen LogP contribution in [-0.2, 0) is 43.1 Å². The highest BCUT2D eigenvalue weighted by molar-refractivity contribution is 7.52. The van der Waals surface area contributed by atoms with Crippen LogP contribution >= 0.6 is 7.75 Å². The molecule has 0 saturated carbocycles. The normalized spacial score (nSPS) is 23.3. The van der Waals surface area contributed by atoms with Gasteiger partial charge < -0.3 is 28.9 Å². The molecule has 1 fully saturated rings. The zero-order chi connectivity index (χ0) is 34.5. The Morgan fingerprint density at radius 1 is 1.00 bits per heavy atom. The highest BCUT2D eigenvalue weighted by Crippen LogP contribution is 2.53. The summed E-state index contributed by atoms with van der Waals surface area (Å²) in [7, 11) is -2.97. The summed E-state index contributed by atoms with van der Waals surface area (Å²) in [5, 5.41) is 32.6. The smallest absolute Gasteiger partial charge is 0.459 e. The topological polar surface area (TPSA) is 191 Å². The molecular weight excluding hydrogens is 607 g/mol. The van der Waals surface area contributed by atoms with E-state index < -0.39 is 73.2 Å². The fourth-order valence-corrected chi connectivity index (χ4v) is 6.66. The Hall–Kier alpha value is -3.01. The molecule has 1 aliphatic heterocycles. The fourth-order valence-electron chi connectivity index (χ4n) is 5.16. The molecule has 1 saturated heterocycles. The van der Waals surface area contributed by atoms with Crippen molar-refractivity contribution in [3.8, 4) is 11.8 Å². The van der Waals surface area contributed by atoms with Crippen LogP contribution in [0, 0.1) is 34.0 Å². The number of esters is 1. The maximum absolute atomic E-state index is 14.2. The second-order valence-electron chi connectivity index (χ2n) is 13.5. The van der Waals surface area contributed by atoms with Crippen LogP contribution in [0.15, 0.2) is 24.3 Å². The highest BCUT2D eigenvalue weighted by atomic mass is 31.2. The van der Waals surface area contributed by atoms with Gasteiger partial charge in [0.05, 0.1) is 35.7 Å². The Morgan fingerprint density at radius 2 is 1.53 bits per heavy atom. The Morgan fingerprint density at radius 3 is 2.00 bits per heavy atom. The van der Waals surface area contributed by atoms with Gasteiger partial charge in [0, 0.05) is 18.9 Å². The Labute approximate surface area is 265 Å². The standard InChI is InChI=1S/C31H47N2O11P/c1-18(40-10)16-41-26(34)19(2)33-45(39,44-21-13-11-20(12-14-21)29(3,4)5)42-17-23-25(31(8,9)28(37)38)24(22(15-32)43-23)30(6,7)27(35)36/h11-14,18-19,22-25H,16-17H2,1-10H3,(H,33,39)(H,35,36)(H,37,38)/t18?,19-,22?,23?,24?,25?,45?/m0/s1. The number of ether oxygens (including phenoxy) is 3. The first-order chi connectivity index (χ1) is 20.6. The van der Waals surface area contributed by atoms with Gasteiger partial charge in [-0.25, -0.2) is 4.57 Å². The third-order valence-corrected chi connectivity index (χ3v) is 9.90. The summed E-state index contributed by atoms with van der Waals surface area (Å²) in [4.78, 5) is 37.4. The van der Waals surface area contributed by atoms with Gasteiger partial charge in [0.1, 0.15) is 24.5 Å². The van der Waals surface area contributed by atoms with Crippen LogP contribution in [0.2, 0.25) is 0 Å². The molecule has 7 atom stereocenters. The molecular formula is C31H47N2O11P. The summed E-state index contributed by atoms with van der Waals surface area (Å²) >= 11 is 0. The number of nitriles is 1. The zero-order valence-corrected chi connectivity index (χ0v) is 28.5. The highest BCUT2D eigenvalue weighted by Gasteiger charge is 2.61. The number of rotatable bonds is 15. The van der Waals surface area contributed by atoms with E-state index >= 15 is 0 Å². The lowest BCUT2D eigenvalue weighted by Gasteiger charge is -2.39. The van der Waals surface area contributed by atoms with E-state index in [0.717, 1.165) is 5.56 Å². The van der Waals surface area contributed by atoms with E-state index in [9.17, 15) is 34.4 Å². The molecule has 45 heavy (non-hydrogen) atoms. The number of hydrogen-bond donors (Lipinski definition) is 3. The monoisotopic (exact) mass is 654 g/mol. The van der Waals surface area contributed by atoms with E-state index in [2.05, 4.69) is 5.09 Å². The van der Waals surface area contributed by atoms with E-state index in [1.165, 1.54) is 41.7 Å². The van der Waals surface area contributed by atoms with Crippen molar-refractivity contribution in [2.24, 2.45) is 22.7 Å². The van der Waals surface area contributed by atoms with E-state index in [-0.39, 0.29) is 23.9 Å². The van der Waals surface area contributed by atoms with Crippen molar-refractivity contribution in [3.05, 3.63) is 29.8 Å². The molecule has 3 N–H and O–H groups in total. The second-order valence-corrected chi connectivity index (χ2v) is 15.2. The van der Waals surface area contributed by atoms with Crippen molar-refractivity contribution < 1.29 is 52.4 Å². The van der Waals surface area contributed by atoms with Gasteiger partial charge in [-0.2, -0.15) is 10.3 Å². The van der Waals surface area contributed by atoms with Gasteiger partial charge in [0.25, 0.3) is 0 Å². The molecule has 252 valence electrons. The van der Waals surface area contributed by atoms with Crippen LogP contribution in [-0.4, -0.2) is 72.8 Å². The van der Waals surface area contributed by atoms with Crippen LogP contribution in [0.25, 0.3) is 0 Å². The minimum atomic E-state index is -4.43. The molecule has 6 unspecified atom stereocenters. The largest absolute Gasteiger partial charge is 0.481 e. The summed E-state index contributed by atoms with van der Waals surface area (Å²) in [6.45, 7) is 14.2. The van der Waals surface area contributed by atoms with Gasteiger partial charge in [0.15, 0.2) is 0 Å². The molecule has 1 aromatic rings. The molecule has 0 aromatic heterocycles. The maximum atomic E-state index is 14.2. The van der Waals surface area contributed by atoms with Gasteiger partial charge in [-0.15, -0.1) is 0 Å². The molecule has 0 aliphatic carbocycles. The lowest BCUT2D eigenvalue weighted by Crippen LogP contribution is -2.49. The summed E-state index contributed by atoms with van der Waals surface area (Å²) < 4.78 is 42.1. The quantitative estimate of drug-likeness (QED) is 0.173. The minimum absolute atomic E-state index is 0.0558.